The van der Waals surface area contributed by atoms with E-state index in [0.29, 0.717) is 22.6 Å². The molecule has 8 heteroatoms. The van der Waals surface area contributed by atoms with Crippen LogP contribution < -0.4 is 21.2 Å². The van der Waals surface area contributed by atoms with E-state index in [1.807, 2.05) is 31.2 Å². The molecule has 0 unspecified atom stereocenters. The summed E-state index contributed by atoms with van der Waals surface area (Å²) < 4.78 is 5.25. The Labute approximate surface area is 190 Å². The van der Waals surface area contributed by atoms with Crippen LogP contribution in [0.1, 0.15) is 28.9 Å². The maximum atomic E-state index is 12.6. The summed E-state index contributed by atoms with van der Waals surface area (Å²) in [6, 6.07) is 17.8. The Hall–Kier alpha value is -4.20. The second-order valence-corrected chi connectivity index (χ2v) is 8.03. The van der Waals surface area contributed by atoms with Crippen molar-refractivity contribution in [2.24, 2.45) is 0 Å². The number of rotatable bonds is 5. The van der Waals surface area contributed by atoms with E-state index in [4.69, 9.17) is 4.42 Å². The van der Waals surface area contributed by atoms with Gasteiger partial charge in [-0.05, 0) is 56.2 Å². The topological polar surface area (TPSA) is 100 Å². The van der Waals surface area contributed by atoms with Crippen molar-refractivity contribution in [1.82, 2.24) is 9.97 Å². The molecule has 1 amide bonds. The zero-order valence-corrected chi connectivity index (χ0v) is 18.2. The molecule has 33 heavy (non-hydrogen) atoms. The molecule has 2 aromatic carbocycles. The Balaban J connectivity index is 1.30. The summed E-state index contributed by atoms with van der Waals surface area (Å²) in [7, 11) is 0. The summed E-state index contributed by atoms with van der Waals surface area (Å²) in [5.74, 6) is 0.940. The highest BCUT2D eigenvalue weighted by Gasteiger charge is 2.16. The smallest absolute Gasteiger partial charge is 0.349 e. The fourth-order valence-corrected chi connectivity index (χ4v) is 3.90. The molecule has 2 N–H and O–H groups in total. The Morgan fingerprint density at radius 1 is 0.970 bits per heavy atom. The lowest BCUT2D eigenvalue weighted by Crippen LogP contribution is -2.20. The maximum Gasteiger partial charge on any atom is 0.349 e. The second-order valence-electron chi connectivity index (χ2n) is 8.03. The van der Waals surface area contributed by atoms with Crippen molar-refractivity contribution in [2.75, 3.05) is 28.6 Å². The Bertz CT molecular complexity index is 1380. The Morgan fingerprint density at radius 3 is 2.48 bits per heavy atom. The van der Waals surface area contributed by atoms with Gasteiger partial charge in [0, 0.05) is 41.6 Å². The van der Waals surface area contributed by atoms with E-state index in [1.54, 1.807) is 36.4 Å². The van der Waals surface area contributed by atoms with E-state index in [-0.39, 0.29) is 5.56 Å². The second kappa shape index (κ2) is 8.74. The highest BCUT2D eigenvalue weighted by atomic mass is 16.4. The molecule has 1 aliphatic rings. The highest BCUT2D eigenvalue weighted by molar-refractivity contribution is 6.05. The Morgan fingerprint density at radius 2 is 1.70 bits per heavy atom. The van der Waals surface area contributed by atoms with Crippen LogP contribution in [0.4, 0.5) is 23.1 Å². The largest absolute Gasteiger partial charge is 0.422 e. The number of nitrogens with one attached hydrogen (secondary N) is 2. The summed E-state index contributed by atoms with van der Waals surface area (Å²) in [5.41, 5.74) is 1.97. The molecule has 0 radical (unpaired) electrons. The predicted octanol–water partition coefficient (Wildman–Crippen LogP) is 4.49. The van der Waals surface area contributed by atoms with E-state index >= 15 is 0 Å². The number of carbonyl (C=O) groups excluding carboxylic acids is 1. The van der Waals surface area contributed by atoms with Gasteiger partial charge in [-0.3, -0.25) is 4.79 Å². The van der Waals surface area contributed by atoms with Gasteiger partial charge in [-0.25, -0.2) is 9.78 Å². The predicted molar refractivity (Wildman–Crippen MR) is 128 cm³/mol. The molecule has 0 bridgehead atoms. The van der Waals surface area contributed by atoms with Gasteiger partial charge in [0.15, 0.2) is 0 Å². The molecule has 0 atom stereocenters. The minimum atomic E-state index is -0.671. The average molecular weight is 441 g/mol. The molecule has 0 aliphatic carbocycles. The number of carbonyl (C=O) groups is 1. The van der Waals surface area contributed by atoms with Gasteiger partial charge in [0.25, 0.3) is 5.91 Å². The van der Waals surface area contributed by atoms with Crippen LogP contribution in [0.25, 0.3) is 11.0 Å². The van der Waals surface area contributed by atoms with Crippen LogP contribution in [0.15, 0.2) is 69.9 Å². The Kier molecular flexibility index (Phi) is 5.48. The monoisotopic (exact) mass is 441 g/mol. The van der Waals surface area contributed by atoms with E-state index in [1.165, 1.54) is 12.8 Å². The molecule has 0 spiro atoms. The van der Waals surface area contributed by atoms with E-state index in [2.05, 4.69) is 25.5 Å². The number of nitrogens with zero attached hydrogens (tertiary/aromatic N) is 3. The SMILES string of the molecule is Cc1cc(N2CCCC2)nc(Nc2ccc(NC(=O)c3cc4ccccc4oc3=O)cc2)n1. The van der Waals surface area contributed by atoms with Crippen LogP contribution in [-0.4, -0.2) is 29.0 Å². The third-order valence-corrected chi connectivity index (χ3v) is 5.56. The van der Waals surface area contributed by atoms with Crippen LogP contribution >= 0.6 is 0 Å². The summed E-state index contributed by atoms with van der Waals surface area (Å²) in [6.45, 7) is 3.98. The number of hydrogen-bond donors (Lipinski definition) is 2. The molecule has 3 heterocycles. The fraction of sp³-hybridized carbons (Fsp3) is 0.200. The molecular formula is C25H23N5O3. The van der Waals surface area contributed by atoms with Gasteiger partial charge in [-0.1, -0.05) is 18.2 Å². The summed E-state index contributed by atoms with van der Waals surface area (Å²) >= 11 is 0. The van der Waals surface area contributed by atoms with E-state index in [0.717, 1.165) is 30.3 Å². The molecular weight excluding hydrogens is 418 g/mol. The van der Waals surface area contributed by atoms with E-state index in [9.17, 15) is 9.59 Å². The fourth-order valence-electron chi connectivity index (χ4n) is 3.90. The number of para-hydroxylation sites is 1. The van der Waals surface area contributed by atoms with Gasteiger partial charge in [0.05, 0.1) is 0 Å². The number of benzene rings is 2. The van der Waals surface area contributed by atoms with Gasteiger partial charge >= 0.3 is 5.63 Å². The van der Waals surface area contributed by atoms with Gasteiger partial charge < -0.3 is 20.0 Å². The number of fused-ring (bicyclic) bond motifs is 1. The lowest BCUT2D eigenvalue weighted by atomic mass is 10.1. The molecule has 2 aromatic heterocycles. The molecule has 5 rings (SSSR count). The number of hydrogen-bond acceptors (Lipinski definition) is 7. The molecule has 166 valence electrons. The molecule has 1 fully saturated rings. The first kappa shape index (κ1) is 20.7. The summed E-state index contributed by atoms with van der Waals surface area (Å²) in [5, 5.41) is 6.66. The summed E-state index contributed by atoms with van der Waals surface area (Å²) in [4.78, 5) is 36.3. The van der Waals surface area contributed by atoms with Crippen LogP contribution in [0, 0.1) is 6.92 Å². The van der Waals surface area contributed by atoms with Crippen molar-refractivity contribution in [1.29, 1.82) is 0 Å². The van der Waals surface area contributed by atoms with Gasteiger partial charge in [0.2, 0.25) is 5.95 Å². The number of aromatic nitrogens is 2. The van der Waals surface area contributed by atoms with E-state index < -0.39 is 11.5 Å². The minimum Gasteiger partial charge on any atom is -0.422 e. The van der Waals surface area contributed by atoms with Gasteiger partial charge in [-0.2, -0.15) is 4.98 Å². The molecule has 4 aromatic rings. The first-order valence-electron chi connectivity index (χ1n) is 10.9. The molecule has 8 nitrogen and oxygen atoms in total. The van der Waals surface area contributed by atoms with Crippen molar-refractivity contribution >= 4 is 40.0 Å². The quantitative estimate of drug-likeness (QED) is 0.440. The first-order valence-corrected chi connectivity index (χ1v) is 10.9. The third kappa shape index (κ3) is 4.55. The van der Waals surface area contributed by atoms with Gasteiger partial charge in [0.1, 0.15) is 17.0 Å². The first-order chi connectivity index (χ1) is 16.0. The minimum absolute atomic E-state index is 0.0431. The number of aryl methyl sites for hydroxylation is 1. The van der Waals surface area contributed by atoms with Crippen molar-refractivity contribution in [3.8, 4) is 0 Å². The number of amides is 1. The van der Waals surface area contributed by atoms with Gasteiger partial charge in [-0.15, -0.1) is 0 Å². The van der Waals surface area contributed by atoms with Crippen LogP contribution in [0.5, 0.6) is 0 Å². The lowest BCUT2D eigenvalue weighted by Gasteiger charge is -2.17. The van der Waals surface area contributed by atoms with Crippen molar-refractivity contribution in [3.63, 3.8) is 0 Å². The van der Waals surface area contributed by atoms with Crippen LogP contribution in [0.2, 0.25) is 0 Å². The molecule has 1 saturated heterocycles. The molecule has 1 aliphatic heterocycles. The maximum absolute atomic E-state index is 12.6. The zero-order chi connectivity index (χ0) is 22.8. The highest BCUT2D eigenvalue weighted by Crippen LogP contribution is 2.23. The average Bonchev–Trinajstić information content (AvgIpc) is 3.35. The normalized spacial score (nSPS) is 13.3. The molecule has 0 saturated carbocycles. The number of anilines is 4. The third-order valence-electron chi connectivity index (χ3n) is 5.56. The van der Waals surface area contributed by atoms with Crippen LogP contribution in [-0.2, 0) is 0 Å². The lowest BCUT2D eigenvalue weighted by molar-refractivity contribution is 0.102. The zero-order valence-electron chi connectivity index (χ0n) is 18.2. The van der Waals surface area contributed by atoms with Crippen molar-refractivity contribution in [2.45, 2.75) is 19.8 Å². The van der Waals surface area contributed by atoms with Crippen LogP contribution in [0.3, 0.4) is 0 Å². The summed E-state index contributed by atoms with van der Waals surface area (Å²) in [6.07, 6.45) is 2.36. The van der Waals surface area contributed by atoms with Crippen molar-refractivity contribution in [3.05, 3.63) is 82.3 Å². The standard InChI is InChI=1S/C25H23N5O3/c1-16-14-22(30-12-4-5-13-30)29-25(26-16)28-19-10-8-18(9-11-19)27-23(31)20-15-17-6-2-3-7-21(17)33-24(20)32/h2-3,6-11,14-15H,4-5,12-13H2,1H3,(H,27,31)(H,26,28,29). The van der Waals surface area contributed by atoms with Crippen molar-refractivity contribution < 1.29 is 9.21 Å².